The summed E-state index contributed by atoms with van der Waals surface area (Å²) >= 11 is 3.50. The number of hydrogen-bond acceptors (Lipinski definition) is 7. The molecule has 0 unspecified atom stereocenters. The maximum absolute atomic E-state index is 10.4. The summed E-state index contributed by atoms with van der Waals surface area (Å²) in [5.41, 5.74) is 1.46. The standard InChI is InChI=1S/C18H25N3O2S2/c1-12-2-3-14-15(8-12)25-18-16(14)17(19-11-20-18)24-10-13(22)9-21-4-6-23-7-5-21/h11-13,22H,2-10H2,1H3/t12-,13-/m0/s1. The Kier molecular flexibility index (Phi) is 5.57. The minimum Gasteiger partial charge on any atom is -0.391 e. The van der Waals surface area contributed by atoms with Crippen LogP contribution in [0.3, 0.4) is 0 Å². The van der Waals surface area contributed by atoms with E-state index in [1.807, 2.05) is 11.3 Å². The van der Waals surface area contributed by atoms with Crippen molar-refractivity contribution in [1.82, 2.24) is 14.9 Å². The number of thioether (sulfide) groups is 1. The quantitative estimate of drug-likeness (QED) is 0.637. The highest BCUT2D eigenvalue weighted by atomic mass is 32.2. The van der Waals surface area contributed by atoms with Gasteiger partial charge in [-0.2, -0.15) is 0 Å². The third-order valence-corrected chi connectivity index (χ3v) is 7.34. The van der Waals surface area contributed by atoms with Crippen molar-refractivity contribution < 1.29 is 9.84 Å². The average molecular weight is 380 g/mol. The van der Waals surface area contributed by atoms with Crippen molar-refractivity contribution in [3.8, 4) is 0 Å². The number of aliphatic hydroxyl groups excluding tert-OH is 1. The first-order valence-electron chi connectivity index (χ1n) is 9.07. The predicted octanol–water partition coefficient (Wildman–Crippen LogP) is 2.60. The fraction of sp³-hybridized carbons (Fsp3) is 0.667. The predicted molar refractivity (Wildman–Crippen MR) is 103 cm³/mol. The average Bonchev–Trinajstić information content (AvgIpc) is 2.98. The van der Waals surface area contributed by atoms with Crippen molar-refractivity contribution in [3.05, 3.63) is 16.8 Å². The van der Waals surface area contributed by atoms with Gasteiger partial charge in [0.15, 0.2) is 0 Å². The first kappa shape index (κ1) is 17.7. The lowest BCUT2D eigenvalue weighted by molar-refractivity contribution is 0.0188. The molecule has 0 radical (unpaired) electrons. The number of hydrogen-bond donors (Lipinski definition) is 1. The number of aryl methyl sites for hydroxylation is 1. The summed E-state index contributed by atoms with van der Waals surface area (Å²) in [5.74, 6) is 1.43. The van der Waals surface area contributed by atoms with Crippen LogP contribution >= 0.6 is 23.1 Å². The lowest BCUT2D eigenvalue weighted by Gasteiger charge is -2.28. The molecule has 3 heterocycles. The monoisotopic (exact) mass is 379 g/mol. The lowest BCUT2D eigenvalue weighted by atomic mass is 9.89. The Morgan fingerprint density at radius 3 is 3.08 bits per heavy atom. The highest BCUT2D eigenvalue weighted by Crippen LogP contribution is 2.40. The molecule has 2 aromatic rings. The molecule has 0 saturated carbocycles. The van der Waals surface area contributed by atoms with Crippen LogP contribution in [0.4, 0.5) is 0 Å². The van der Waals surface area contributed by atoms with Crippen LogP contribution in [-0.4, -0.2) is 64.7 Å². The molecule has 1 aliphatic heterocycles. The van der Waals surface area contributed by atoms with Crippen LogP contribution in [0.2, 0.25) is 0 Å². The van der Waals surface area contributed by atoms with Crippen LogP contribution < -0.4 is 0 Å². The molecule has 1 saturated heterocycles. The Morgan fingerprint density at radius 2 is 2.24 bits per heavy atom. The van der Waals surface area contributed by atoms with Gasteiger partial charge < -0.3 is 9.84 Å². The van der Waals surface area contributed by atoms with Gasteiger partial charge in [0.25, 0.3) is 0 Å². The zero-order chi connectivity index (χ0) is 17.2. The molecule has 7 heteroatoms. The van der Waals surface area contributed by atoms with Gasteiger partial charge in [0.2, 0.25) is 0 Å². The highest BCUT2D eigenvalue weighted by Gasteiger charge is 2.23. The molecular formula is C18H25N3O2S2. The van der Waals surface area contributed by atoms with E-state index in [0.717, 1.165) is 48.5 Å². The molecule has 2 atom stereocenters. The summed E-state index contributed by atoms with van der Waals surface area (Å²) in [7, 11) is 0. The van der Waals surface area contributed by atoms with Gasteiger partial charge in [-0.3, -0.25) is 4.90 Å². The summed E-state index contributed by atoms with van der Waals surface area (Å²) in [5, 5.41) is 12.7. The van der Waals surface area contributed by atoms with Crippen LogP contribution in [0.5, 0.6) is 0 Å². The van der Waals surface area contributed by atoms with Gasteiger partial charge in [0.1, 0.15) is 16.2 Å². The normalized spacial score (nSPS) is 22.9. The van der Waals surface area contributed by atoms with Crippen molar-refractivity contribution in [2.24, 2.45) is 5.92 Å². The summed E-state index contributed by atoms with van der Waals surface area (Å²) in [6, 6.07) is 0. The van der Waals surface area contributed by atoms with Crippen LogP contribution in [0.25, 0.3) is 10.2 Å². The van der Waals surface area contributed by atoms with E-state index in [9.17, 15) is 5.11 Å². The Balaban J connectivity index is 1.46. The molecule has 5 nitrogen and oxygen atoms in total. The van der Waals surface area contributed by atoms with E-state index in [-0.39, 0.29) is 6.10 Å². The van der Waals surface area contributed by atoms with E-state index in [0.29, 0.717) is 12.3 Å². The fourth-order valence-electron chi connectivity index (χ4n) is 3.67. The van der Waals surface area contributed by atoms with Gasteiger partial charge in [-0.1, -0.05) is 6.92 Å². The molecule has 25 heavy (non-hydrogen) atoms. The molecule has 1 aliphatic carbocycles. The highest BCUT2D eigenvalue weighted by molar-refractivity contribution is 7.99. The fourth-order valence-corrected chi connectivity index (χ4v) is 6.02. The minimum absolute atomic E-state index is 0.345. The number of thiophene rings is 1. The van der Waals surface area contributed by atoms with E-state index >= 15 is 0 Å². The number of aliphatic hydroxyl groups is 1. The molecule has 1 fully saturated rings. The smallest absolute Gasteiger partial charge is 0.128 e. The van der Waals surface area contributed by atoms with E-state index in [1.165, 1.54) is 28.7 Å². The second-order valence-corrected chi connectivity index (χ2v) is 9.18. The molecule has 0 bridgehead atoms. The largest absolute Gasteiger partial charge is 0.391 e. The van der Waals surface area contributed by atoms with Crippen LogP contribution in [0.15, 0.2) is 11.4 Å². The molecule has 2 aliphatic rings. The first-order valence-corrected chi connectivity index (χ1v) is 10.9. The Bertz CT molecular complexity index is 730. The topological polar surface area (TPSA) is 58.5 Å². The van der Waals surface area contributed by atoms with Crippen molar-refractivity contribution in [1.29, 1.82) is 0 Å². The molecule has 0 amide bonds. The summed E-state index contributed by atoms with van der Waals surface area (Å²) in [4.78, 5) is 13.9. The van der Waals surface area contributed by atoms with E-state index in [1.54, 1.807) is 18.1 Å². The maximum Gasteiger partial charge on any atom is 0.128 e. The number of ether oxygens (including phenoxy) is 1. The minimum atomic E-state index is -0.345. The number of nitrogens with zero attached hydrogens (tertiary/aromatic N) is 3. The maximum atomic E-state index is 10.4. The van der Waals surface area contributed by atoms with Gasteiger partial charge in [-0.25, -0.2) is 9.97 Å². The zero-order valence-electron chi connectivity index (χ0n) is 14.6. The second kappa shape index (κ2) is 7.88. The van der Waals surface area contributed by atoms with Crippen LogP contribution in [-0.2, 0) is 17.6 Å². The number of morpholine rings is 1. The van der Waals surface area contributed by atoms with Gasteiger partial charge in [-0.05, 0) is 30.7 Å². The van der Waals surface area contributed by atoms with Crippen molar-refractivity contribution in [3.63, 3.8) is 0 Å². The third-order valence-electron chi connectivity index (χ3n) is 5.04. The van der Waals surface area contributed by atoms with Crippen molar-refractivity contribution >= 4 is 33.3 Å². The Morgan fingerprint density at radius 1 is 1.40 bits per heavy atom. The molecule has 1 N–H and O–H groups in total. The number of β-amino-alcohol motifs (C(OH)–C–C–N with tert-alkyl or cyclic N) is 1. The van der Waals surface area contributed by atoms with Crippen molar-refractivity contribution in [2.75, 3.05) is 38.6 Å². The van der Waals surface area contributed by atoms with Gasteiger partial charge >= 0.3 is 0 Å². The zero-order valence-corrected chi connectivity index (χ0v) is 16.2. The van der Waals surface area contributed by atoms with Gasteiger partial charge in [0, 0.05) is 35.7 Å². The molecule has 0 aromatic carbocycles. The summed E-state index contributed by atoms with van der Waals surface area (Å²) in [6.45, 7) is 6.41. The van der Waals surface area contributed by atoms with Crippen LogP contribution in [0.1, 0.15) is 23.8 Å². The van der Waals surface area contributed by atoms with Gasteiger partial charge in [-0.15, -0.1) is 23.1 Å². The second-order valence-electron chi connectivity index (χ2n) is 7.09. The van der Waals surface area contributed by atoms with Crippen LogP contribution in [0, 0.1) is 5.92 Å². The number of aromatic nitrogens is 2. The first-order chi connectivity index (χ1) is 12.2. The third kappa shape index (κ3) is 4.01. The van der Waals surface area contributed by atoms with E-state index < -0.39 is 0 Å². The number of rotatable bonds is 5. The van der Waals surface area contributed by atoms with Gasteiger partial charge in [0.05, 0.1) is 19.3 Å². The van der Waals surface area contributed by atoms with E-state index in [4.69, 9.17) is 4.74 Å². The molecule has 0 spiro atoms. The lowest BCUT2D eigenvalue weighted by Crippen LogP contribution is -2.41. The summed E-state index contributed by atoms with van der Waals surface area (Å²) in [6.07, 6.45) is 4.87. The molecule has 2 aromatic heterocycles. The Labute approximate surface area is 156 Å². The summed E-state index contributed by atoms with van der Waals surface area (Å²) < 4.78 is 5.37. The number of fused-ring (bicyclic) bond motifs is 3. The Hall–Kier alpha value is -0.730. The van der Waals surface area contributed by atoms with Crippen molar-refractivity contribution in [2.45, 2.75) is 37.3 Å². The SMILES string of the molecule is C[C@H]1CCc2c(sc3ncnc(SC[C@@H](O)CN4CCOCC4)c23)C1. The molecular weight excluding hydrogens is 354 g/mol. The van der Waals surface area contributed by atoms with E-state index in [2.05, 4.69) is 21.8 Å². The molecule has 136 valence electrons. The molecule has 4 rings (SSSR count).